The molecule has 0 amide bonds. The second-order valence-corrected chi connectivity index (χ2v) is 4.17. The Labute approximate surface area is 90.8 Å². The maximum atomic E-state index is 9.25. The molecule has 1 saturated heterocycles. The molecule has 1 aliphatic rings. The summed E-state index contributed by atoms with van der Waals surface area (Å²) in [5, 5.41) is 9.25. The molecule has 2 rings (SSSR count). The van der Waals surface area contributed by atoms with Gasteiger partial charge in [-0.15, -0.1) is 0 Å². The lowest BCUT2D eigenvalue weighted by atomic mass is 10.1. The van der Waals surface area contributed by atoms with E-state index in [1.807, 2.05) is 12.3 Å². The first-order valence-electron chi connectivity index (χ1n) is 5.63. The van der Waals surface area contributed by atoms with Gasteiger partial charge in [0, 0.05) is 24.8 Å². The van der Waals surface area contributed by atoms with Crippen LogP contribution in [0.2, 0.25) is 0 Å². The Balaban J connectivity index is 2.16. The van der Waals surface area contributed by atoms with Gasteiger partial charge in [-0.05, 0) is 18.4 Å². The molecule has 0 saturated carbocycles. The van der Waals surface area contributed by atoms with Gasteiger partial charge in [0.15, 0.2) is 0 Å². The van der Waals surface area contributed by atoms with Crippen molar-refractivity contribution in [2.24, 2.45) is 5.92 Å². The molecule has 82 valence electrons. The molecule has 1 fully saturated rings. The van der Waals surface area contributed by atoms with Crippen LogP contribution >= 0.6 is 0 Å². The van der Waals surface area contributed by atoms with Gasteiger partial charge in [0.25, 0.3) is 0 Å². The summed E-state index contributed by atoms with van der Waals surface area (Å²) in [5.41, 5.74) is 2.10. The van der Waals surface area contributed by atoms with E-state index in [4.69, 9.17) is 0 Å². The second kappa shape index (κ2) is 4.62. The predicted octanol–water partition coefficient (Wildman–Crippen LogP) is 1.81. The van der Waals surface area contributed by atoms with Crippen molar-refractivity contribution >= 4 is 5.69 Å². The SMILES string of the molecule is CCC1CCN(c2cnccc2CO)C1. The van der Waals surface area contributed by atoms with Crippen molar-refractivity contribution in [1.82, 2.24) is 4.98 Å². The molecule has 3 heteroatoms. The molecule has 1 aliphatic heterocycles. The van der Waals surface area contributed by atoms with Crippen molar-refractivity contribution < 1.29 is 5.11 Å². The molecule has 0 aromatic carbocycles. The number of hydrogen-bond donors (Lipinski definition) is 1. The predicted molar refractivity (Wildman–Crippen MR) is 60.8 cm³/mol. The van der Waals surface area contributed by atoms with E-state index in [0.717, 1.165) is 30.3 Å². The van der Waals surface area contributed by atoms with Gasteiger partial charge in [-0.3, -0.25) is 4.98 Å². The number of hydrogen-bond acceptors (Lipinski definition) is 3. The van der Waals surface area contributed by atoms with Crippen LogP contribution in [0, 0.1) is 5.92 Å². The molecule has 2 heterocycles. The van der Waals surface area contributed by atoms with Crippen LogP contribution in [0.15, 0.2) is 18.5 Å². The van der Waals surface area contributed by atoms with Crippen molar-refractivity contribution in [1.29, 1.82) is 0 Å². The number of nitrogens with zero attached hydrogens (tertiary/aromatic N) is 2. The Morgan fingerprint density at radius 3 is 3.13 bits per heavy atom. The number of rotatable bonds is 3. The third kappa shape index (κ3) is 2.12. The summed E-state index contributed by atoms with van der Waals surface area (Å²) in [6.07, 6.45) is 6.10. The molecule has 0 spiro atoms. The molecule has 1 aromatic heterocycles. The van der Waals surface area contributed by atoms with Crippen LogP contribution < -0.4 is 4.90 Å². The van der Waals surface area contributed by atoms with Crippen LogP contribution in [-0.4, -0.2) is 23.2 Å². The van der Waals surface area contributed by atoms with Gasteiger partial charge in [0.05, 0.1) is 18.5 Å². The molecule has 3 nitrogen and oxygen atoms in total. The van der Waals surface area contributed by atoms with Crippen LogP contribution in [0.5, 0.6) is 0 Å². The van der Waals surface area contributed by atoms with E-state index in [1.165, 1.54) is 12.8 Å². The minimum atomic E-state index is 0.102. The molecular weight excluding hydrogens is 188 g/mol. The van der Waals surface area contributed by atoms with Crippen LogP contribution in [0.4, 0.5) is 5.69 Å². The van der Waals surface area contributed by atoms with Crippen LogP contribution in [0.25, 0.3) is 0 Å². The molecular formula is C12H18N2O. The fraction of sp³-hybridized carbons (Fsp3) is 0.583. The smallest absolute Gasteiger partial charge is 0.0703 e. The average molecular weight is 206 g/mol. The van der Waals surface area contributed by atoms with E-state index in [-0.39, 0.29) is 6.61 Å². The Morgan fingerprint density at radius 2 is 2.47 bits per heavy atom. The highest BCUT2D eigenvalue weighted by atomic mass is 16.3. The summed E-state index contributed by atoms with van der Waals surface area (Å²) in [7, 11) is 0. The standard InChI is InChI=1S/C12H18N2O/c1-2-10-4-6-14(8-10)12-7-13-5-3-11(12)9-15/h3,5,7,10,15H,2,4,6,8-9H2,1H3. The zero-order valence-corrected chi connectivity index (χ0v) is 9.19. The summed E-state index contributed by atoms with van der Waals surface area (Å²) in [4.78, 5) is 6.48. The Bertz CT molecular complexity index is 327. The third-order valence-electron chi connectivity index (χ3n) is 3.26. The van der Waals surface area contributed by atoms with Gasteiger partial charge in [0.1, 0.15) is 0 Å². The maximum absolute atomic E-state index is 9.25. The lowest BCUT2D eigenvalue weighted by Gasteiger charge is -2.20. The van der Waals surface area contributed by atoms with Gasteiger partial charge in [-0.1, -0.05) is 13.3 Å². The maximum Gasteiger partial charge on any atom is 0.0703 e. The minimum Gasteiger partial charge on any atom is -0.392 e. The first kappa shape index (κ1) is 10.4. The highest BCUT2D eigenvalue weighted by molar-refractivity contribution is 5.52. The topological polar surface area (TPSA) is 36.4 Å². The highest BCUT2D eigenvalue weighted by Gasteiger charge is 2.22. The Hall–Kier alpha value is -1.09. The summed E-state index contributed by atoms with van der Waals surface area (Å²) < 4.78 is 0. The van der Waals surface area contributed by atoms with Gasteiger partial charge in [0.2, 0.25) is 0 Å². The van der Waals surface area contributed by atoms with E-state index in [2.05, 4.69) is 16.8 Å². The minimum absolute atomic E-state index is 0.102. The van der Waals surface area contributed by atoms with Crippen molar-refractivity contribution in [3.05, 3.63) is 24.0 Å². The van der Waals surface area contributed by atoms with Gasteiger partial charge in [-0.2, -0.15) is 0 Å². The van der Waals surface area contributed by atoms with Crippen molar-refractivity contribution in [2.45, 2.75) is 26.4 Å². The zero-order chi connectivity index (χ0) is 10.7. The first-order valence-corrected chi connectivity index (χ1v) is 5.63. The van der Waals surface area contributed by atoms with Crippen LogP contribution in [0.1, 0.15) is 25.3 Å². The summed E-state index contributed by atoms with van der Waals surface area (Å²) in [6, 6.07) is 1.90. The van der Waals surface area contributed by atoms with E-state index in [9.17, 15) is 5.11 Å². The molecule has 0 aliphatic carbocycles. The fourth-order valence-corrected chi connectivity index (χ4v) is 2.22. The van der Waals surface area contributed by atoms with Crippen molar-refractivity contribution in [3.63, 3.8) is 0 Å². The Kier molecular flexibility index (Phi) is 3.21. The summed E-state index contributed by atoms with van der Waals surface area (Å²) >= 11 is 0. The Morgan fingerprint density at radius 1 is 1.60 bits per heavy atom. The van der Waals surface area contributed by atoms with Gasteiger partial charge >= 0.3 is 0 Å². The van der Waals surface area contributed by atoms with Gasteiger partial charge in [-0.25, -0.2) is 0 Å². The molecule has 1 N–H and O–H groups in total. The van der Waals surface area contributed by atoms with E-state index >= 15 is 0 Å². The number of aliphatic hydroxyl groups is 1. The van der Waals surface area contributed by atoms with E-state index in [0.29, 0.717) is 0 Å². The number of anilines is 1. The molecule has 1 unspecified atom stereocenters. The first-order chi connectivity index (χ1) is 7.35. The lowest BCUT2D eigenvalue weighted by Crippen LogP contribution is -2.21. The largest absolute Gasteiger partial charge is 0.392 e. The summed E-state index contributed by atoms with van der Waals surface area (Å²) in [5.74, 6) is 0.803. The van der Waals surface area contributed by atoms with E-state index < -0.39 is 0 Å². The highest BCUT2D eigenvalue weighted by Crippen LogP contribution is 2.27. The van der Waals surface area contributed by atoms with E-state index in [1.54, 1.807) is 6.20 Å². The fourth-order valence-electron chi connectivity index (χ4n) is 2.22. The molecule has 0 radical (unpaired) electrons. The molecule has 1 aromatic rings. The zero-order valence-electron chi connectivity index (χ0n) is 9.19. The molecule has 1 atom stereocenters. The molecule has 0 bridgehead atoms. The monoisotopic (exact) mass is 206 g/mol. The number of aromatic nitrogens is 1. The normalized spacial score (nSPS) is 20.9. The van der Waals surface area contributed by atoms with Gasteiger partial charge < -0.3 is 10.0 Å². The van der Waals surface area contributed by atoms with Crippen LogP contribution in [-0.2, 0) is 6.61 Å². The lowest BCUT2D eigenvalue weighted by molar-refractivity contribution is 0.282. The number of pyridine rings is 1. The summed E-state index contributed by atoms with van der Waals surface area (Å²) in [6.45, 7) is 4.54. The quantitative estimate of drug-likeness (QED) is 0.819. The average Bonchev–Trinajstić information content (AvgIpc) is 2.77. The molecule has 15 heavy (non-hydrogen) atoms. The van der Waals surface area contributed by atoms with Crippen molar-refractivity contribution in [3.8, 4) is 0 Å². The van der Waals surface area contributed by atoms with Crippen molar-refractivity contribution in [2.75, 3.05) is 18.0 Å². The third-order valence-corrected chi connectivity index (χ3v) is 3.26. The number of aliphatic hydroxyl groups excluding tert-OH is 1. The van der Waals surface area contributed by atoms with Crippen LogP contribution in [0.3, 0.4) is 0 Å². The second-order valence-electron chi connectivity index (χ2n) is 4.17.